The molecule has 0 saturated carbocycles. The maximum absolute atomic E-state index is 3.49. The Morgan fingerprint density at radius 2 is 1.83 bits per heavy atom. The highest BCUT2D eigenvalue weighted by Crippen LogP contribution is 2.16. The van der Waals surface area contributed by atoms with E-state index in [4.69, 9.17) is 0 Å². The van der Waals surface area contributed by atoms with Gasteiger partial charge in [0, 0.05) is 6.04 Å². The molecule has 0 aromatic heterocycles. The van der Waals surface area contributed by atoms with Gasteiger partial charge in [-0.05, 0) is 64.2 Å². The van der Waals surface area contributed by atoms with Gasteiger partial charge >= 0.3 is 0 Å². The molecule has 1 unspecified atom stereocenters. The molecular weight excluding hydrogens is 220 g/mol. The Bertz CT molecular complexity index is 192. The highest BCUT2D eigenvalue weighted by atomic mass is 15.1. The highest BCUT2D eigenvalue weighted by molar-refractivity contribution is 4.67. The summed E-state index contributed by atoms with van der Waals surface area (Å²) in [6, 6.07) is 0.643. The Kier molecular flexibility index (Phi) is 8.70. The minimum atomic E-state index is 0.643. The van der Waals surface area contributed by atoms with Crippen molar-refractivity contribution < 1.29 is 0 Å². The van der Waals surface area contributed by atoms with Crippen LogP contribution in [0.3, 0.4) is 0 Å². The number of unbranched alkanes of at least 4 members (excludes halogenated alkanes) is 3. The van der Waals surface area contributed by atoms with E-state index in [9.17, 15) is 0 Å². The van der Waals surface area contributed by atoms with E-state index >= 15 is 0 Å². The van der Waals surface area contributed by atoms with Crippen molar-refractivity contribution in [3.8, 4) is 0 Å². The van der Waals surface area contributed by atoms with Crippen molar-refractivity contribution >= 4 is 0 Å². The zero-order valence-corrected chi connectivity index (χ0v) is 12.9. The molecule has 1 rings (SSSR count). The van der Waals surface area contributed by atoms with Crippen molar-refractivity contribution in [1.29, 1.82) is 0 Å². The number of rotatable bonds is 8. The molecule has 18 heavy (non-hydrogen) atoms. The maximum atomic E-state index is 3.49. The summed E-state index contributed by atoms with van der Waals surface area (Å²) in [7, 11) is 0. The van der Waals surface area contributed by atoms with Crippen LogP contribution in [0, 0.1) is 5.92 Å². The summed E-state index contributed by atoms with van der Waals surface area (Å²) < 4.78 is 0. The summed E-state index contributed by atoms with van der Waals surface area (Å²) in [5.74, 6) is 0.956. The number of nitrogens with zero attached hydrogens (tertiary/aromatic N) is 1. The summed E-state index contributed by atoms with van der Waals surface area (Å²) in [6.45, 7) is 12.1. The Balaban J connectivity index is 1.91. The van der Waals surface area contributed by atoms with Crippen LogP contribution in [0.25, 0.3) is 0 Å². The van der Waals surface area contributed by atoms with Crippen molar-refractivity contribution in [2.24, 2.45) is 5.92 Å². The van der Waals surface area contributed by atoms with Gasteiger partial charge in [0.25, 0.3) is 0 Å². The highest BCUT2D eigenvalue weighted by Gasteiger charge is 2.12. The van der Waals surface area contributed by atoms with Crippen LogP contribution in [-0.2, 0) is 0 Å². The van der Waals surface area contributed by atoms with E-state index in [1.807, 2.05) is 0 Å². The molecule has 0 bridgehead atoms. The lowest BCUT2D eigenvalue weighted by Crippen LogP contribution is -2.26. The van der Waals surface area contributed by atoms with Crippen LogP contribution < -0.4 is 5.32 Å². The summed E-state index contributed by atoms with van der Waals surface area (Å²) in [5.41, 5.74) is 0. The smallest absolute Gasteiger partial charge is 0.00103 e. The average molecular weight is 254 g/mol. The van der Waals surface area contributed by atoms with Crippen molar-refractivity contribution in [2.45, 2.75) is 71.8 Å². The molecule has 1 aliphatic heterocycles. The van der Waals surface area contributed by atoms with Crippen molar-refractivity contribution in [3.05, 3.63) is 0 Å². The average Bonchev–Trinajstić information content (AvgIpc) is 2.53. The Morgan fingerprint density at radius 1 is 1.06 bits per heavy atom. The third-order valence-corrected chi connectivity index (χ3v) is 4.06. The fraction of sp³-hybridized carbons (Fsp3) is 1.00. The fourth-order valence-corrected chi connectivity index (χ4v) is 2.75. The lowest BCUT2D eigenvalue weighted by atomic mass is 10.0. The SMILES string of the molecule is CC1CCCN(CCCCCCNC(C)C)CC1. The van der Waals surface area contributed by atoms with Gasteiger partial charge < -0.3 is 10.2 Å². The molecular formula is C16H34N2. The Hall–Kier alpha value is -0.0800. The number of hydrogen-bond donors (Lipinski definition) is 1. The first-order chi connectivity index (χ1) is 8.68. The molecule has 1 aliphatic rings. The molecule has 1 atom stereocenters. The molecule has 1 fully saturated rings. The van der Waals surface area contributed by atoms with Crippen molar-refractivity contribution in [2.75, 3.05) is 26.2 Å². The van der Waals surface area contributed by atoms with Crippen LogP contribution in [0.4, 0.5) is 0 Å². The summed E-state index contributed by atoms with van der Waals surface area (Å²) in [6.07, 6.45) is 9.82. The van der Waals surface area contributed by atoms with Gasteiger partial charge in [-0.15, -0.1) is 0 Å². The zero-order chi connectivity index (χ0) is 13.2. The van der Waals surface area contributed by atoms with Gasteiger partial charge in [-0.1, -0.05) is 33.6 Å². The van der Waals surface area contributed by atoms with Gasteiger partial charge in [0.1, 0.15) is 0 Å². The molecule has 1 saturated heterocycles. The van der Waals surface area contributed by atoms with Gasteiger partial charge in [-0.2, -0.15) is 0 Å². The largest absolute Gasteiger partial charge is 0.315 e. The van der Waals surface area contributed by atoms with Gasteiger partial charge in [0.15, 0.2) is 0 Å². The second kappa shape index (κ2) is 9.80. The number of hydrogen-bond acceptors (Lipinski definition) is 2. The van der Waals surface area contributed by atoms with Crippen molar-refractivity contribution in [3.63, 3.8) is 0 Å². The van der Waals surface area contributed by atoms with Crippen LogP contribution in [0.15, 0.2) is 0 Å². The predicted octanol–water partition coefficient (Wildman–Crippen LogP) is 3.67. The quantitative estimate of drug-likeness (QED) is 0.665. The van der Waals surface area contributed by atoms with Crippen LogP contribution in [-0.4, -0.2) is 37.1 Å². The van der Waals surface area contributed by atoms with Crippen LogP contribution in [0.1, 0.15) is 65.7 Å². The van der Waals surface area contributed by atoms with Gasteiger partial charge in [-0.25, -0.2) is 0 Å². The number of likely N-dealkylation sites (tertiary alicyclic amines) is 1. The molecule has 108 valence electrons. The maximum Gasteiger partial charge on any atom is 0.00103 e. The topological polar surface area (TPSA) is 15.3 Å². The normalized spacial score (nSPS) is 22.3. The van der Waals surface area contributed by atoms with Gasteiger partial charge in [0.2, 0.25) is 0 Å². The van der Waals surface area contributed by atoms with Crippen LogP contribution >= 0.6 is 0 Å². The van der Waals surface area contributed by atoms with Gasteiger partial charge in [-0.3, -0.25) is 0 Å². The fourth-order valence-electron chi connectivity index (χ4n) is 2.75. The first-order valence-corrected chi connectivity index (χ1v) is 8.14. The molecule has 1 heterocycles. The molecule has 2 heteroatoms. The molecule has 0 aromatic carbocycles. The lowest BCUT2D eigenvalue weighted by Gasteiger charge is -2.19. The summed E-state index contributed by atoms with van der Waals surface area (Å²) in [4.78, 5) is 2.69. The van der Waals surface area contributed by atoms with Crippen LogP contribution in [0.5, 0.6) is 0 Å². The third-order valence-electron chi connectivity index (χ3n) is 4.06. The molecule has 0 aromatic rings. The first-order valence-electron chi connectivity index (χ1n) is 8.14. The minimum absolute atomic E-state index is 0.643. The molecule has 2 nitrogen and oxygen atoms in total. The Morgan fingerprint density at radius 3 is 2.61 bits per heavy atom. The monoisotopic (exact) mass is 254 g/mol. The summed E-state index contributed by atoms with van der Waals surface area (Å²) in [5, 5.41) is 3.49. The first kappa shape index (κ1) is 16.0. The van der Waals surface area contributed by atoms with E-state index in [2.05, 4.69) is 31.0 Å². The van der Waals surface area contributed by atoms with E-state index in [-0.39, 0.29) is 0 Å². The molecule has 0 amide bonds. The van der Waals surface area contributed by atoms with Crippen molar-refractivity contribution in [1.82, 2.24) is 10.2 Å². The molecule has 0 radical (unpaired) electrons. The van der Waals surface area contributed by atoms with E-state index in [0.29, 0.717) is 6.04 Å². The third kappa shape index (κ3) is 8.10. The van der Waals surface area contributed by atoms with Crippen LogP contribution in [0.2, 0.25) is 0 Å². The summed E-state index contributed by atoms with van der Waals surface area (Å²) >= 11 is 0. The van der Waals surface area contributed by atoms with E-state index in [0.717, 1.165) is 5.92 Å². The minimum Gasteiger partial charge on any atom is -0.315 e. The lowest BCUT2D eigenvalue weighted by molar-refractivity contribution is 0.274. The zero-order valence-electron chi connectivity index (χ0n) is 12.9. The second-order valence-corrected chi connectivity index (χ2v) is 6.40. The second-order valence-electron chi connectivity index (χ2n) is 6.40. The standard InChI is InChI=1S/C16H34N2/c1-15(2)17-11-6-4-5-7-12-18-13-8-9-16(3)10-14-18/h15-17H,4-14H2,1-3H3. The molecule has 0 spiro atoms. The molecule has 0 aliphatic carbocycles. The van der Waals surface area contributed by atoms with Gasteiger partial charge in [0.05, 0.1) is 0 Å². The van der Waals surface area contributed by atoms with E-state index in [1.54, 1.807) is 0 Å². The van der Waals surface area contributed by atoms with E-state index in [1.165, 1.54) is 71.1 Å². The Labute approximate surface area is 115 Å². The van der Waals surface area contributed by atoms with E-state index < -0.39 is 0 Å². The number of nitrogens with one attached hydrogen (secondary N) is 1. The molecule has 1 N–H and O–H groups in total. The predicted molar refractivity (Wildman–Crippen MR) is 81.1 cm³/mol.